The van der Waals surface area contributed by atoms with Crippen LogP contribution >= 0.6 is 0 Å². The van der Waals surface area contributed by atoms with Crippen LogP contribution in [0.4, 0.5) is 4.39 Å². The van der Waals surface area contributed by atoms with E-state index in [1.54, 1.807) is 13.8 Å². The van der Waals surface area contributed by atoms with Gasteiger partial charge in [-0.1, -0.05) is 12.1 Å². The lowest BCUT2D eigenvalue weighted by Crippen LogP contribution is -2.55. The minimum atomic E-state index is -0.847. The largest absolute Gasteiger partial charge is 0.340 e. The summed E-state index contributed by atoms with van der Waals surface area (Å²) in [5.41, 5.74) is 0.621. The maximum absolute atomic E-state index is 12.9. The van der Waals surface area contributed by atoms with Crippen molar-refractivity contribution in [2.24, 2.45) is 5.10 Å². The van der Waals surface area contributed by atoms with E-state index in [1.165, 1.54) is 41.3 Å². The number of guanidine groups is 1. The summed E-state index contributed by atoms with van der Waals surface area (Å²) < 4.78 is 18.2. The summed E-state index contributed by atoms with van der Waals surface area (Å²) in [6.45, 7) is 3.58. The second-order valence-corrected chi connectivity index (χ2v) is 5.31. The van der Waals surface area contributed by atoms with Gasteiger partial charge in [-0.2, -0.15) is 0 Å². The zero-order valence-electron chi connectivity index (χ0n) is 13.3. The predicted molar refractivity (Wildman–Crippen MR) is 84.5 cm³/mol. The van der Waals surface area contributed by atoms with Crippen LogP contribution in [0.25, 0.3) is 6.08 Å². The van der Waals surface area contributed by atoms with Crippen LogP contribution in [0.3, 0.4) is 0 Å². The summed E-state index contributed by atoms with van der Waals surface area (Å²) in [6.07, 6.45) is 2.72. The Morgan fingerprint density at radius 1 is 1.38 bits per heavy atom. The van der Waals surface area contributed by atoms with Gasteiger partial charge in [0.2, 0.25) is 0 Å². The van der Waals surface area contributed by atoms with E-state index in [4.69, 9.17) is 4.74 Å². The van der Waals surface area contributed by atoms with Gasteiger partial charge in [0.15, 0.2) is 5.03 Å². The molecule has 0 aromatic heterocycles. The highest BCUT2D eigenvalue weighted by Crippen LogP contribution is 2.13. The fourth-order valence-corrected chi connectivity index (χ4v) is 2.06. The van der Waals surface area contributed by atoms with Crippen molar-refractivity contribution in [3.05, 3.63) is 51.8 Å². The van der Waals surface area contributed by atoms with Crippen LogP contribution in [0.15, 0.2) is 35.4 Å². The third-order valence-electron chi connectivity index (χ3n) is 3.30. The number of ether oxygens (including phenoxy) is 1. The van der Waals surface area contributed by atoms with Gasteiger partial charge >= 0.3 is 0 Å². The van der Waals surface area contributed by atoms with Crippen molar-refractivity contribution in [2.75, 3.05) is 13.5 Å². The molecule has 1 saturated heterocycles. The Balaban J connectivity index is 2.21. The van der Waals surface area contributed by atoms with Gasteiger partial charge in [-0.05, 0) is 37.6 Å². The molecule has 0 aliphatic carbocycles. The maximum Gasteiger partial charge on any atom is 0.284 e. The van der Waals surface area contributed by atoms with Crippen molar-refractivity contribution in [1.82, 2.24) is 9.80 Å². The van der Waals surface area contributed by atoms with Crippen LogP contribution < -0.4 is 0 Å². The van der Waals surface area contributed by atoms with E-state index in [0.717, 1.165) is 4.90 Å². The summed E-state index contributed by atoms with van der Waals surface area (Å²) in [7, 11) is 0. The standard InChI is InChI=1S/C15H17FN4O4/c1-11(2)18-9-24-10-19(15(18)17-20(22)23)14(21)8-5-12-3-6-13(16)7-4-12/h3-8,11H,9-10H2,1-2H3/b8-5+,17-15+. The molecule has 1 aromatic rings. The minimum absolute atomic E-state index is 0.0741. The molecule has 0 unspecified atom stereocenters. The van der Waals surface area contributed by atoms with Gasteiger partial charge in [-0.25, -0.2) is 19.4 Å². The van der Waals surface area contributed by atoms with Gasteiger partial charge in [0.05, 0.1) is 0 Å². The topological polar surface area (TPSA) is 88.3 Å². The van der Waals surface area contributed by atoms with Crippen LogP contribution in [0.1, 0.15) is 19.4 Å². The van der Waals surface area contributed by atoms with Crippen molar-refractivity contribution in [3.8, 4) is 0 Å². The second kappa shape index (κ2) is 7.64. The van der Waals surface area contributed by atoms with Gasteiger partial charge < -0.3 is 9.64 Å². The monoisotopic (exact) mass is 336 g/mol. The highest BCUT2D eigenvalue weighted by Gasteiger charge is 2.32. The number of hydrogen-bond acceptors (Lipinski definition) is 4. The van der Waals surface area contributed by atoms with Gasteiger partial charge in [-0.3, -0.25) is 4.79 Å². The van der Waals surface area contributed by atoms with Gasteiger partial charge in [0, 0.05) is 12.1 Å². The predicted octanol–water partition coefficient (Wildman–Crippen LogP) is 1.87. The highest BCUT2D eigenvalue weighted by atomic mass is 19.1. The third kappa shape index (κ3) is 4.35. The molecule has 1 amide bonds. The molecule has 0 atom stereocenters. The average molecular weight is 336 g/mol. The lowest BCUT2D eigenvalue weighted by Gasteiger charge is -2.37. The van der Waals surface area contributed by atoms with E-state index < -0.39 is 10.9 Å². The van der Waals surface area contributed by atoms with E-state index in [-0.39, 0.29) is 31.3 Å². The number of hydrogen-bond donors (Lipinski definition) is 0. The van der Waals surface area contributed by atoms with E-state index in [1.807, 2.05) is 0 Å². The van der Waals surface area contributed by atoms with E-state index >= 15 is 0 Å². The second-order valence-electron chi connectivity index (χ2n) is 5.31. The van der Waals surface area contributed by atoms with E-state index in [2.05, 4.69) is 5.10 Å². The molecule has 0 saturated carbocycles. The van der Waals surface area contributed by atoms with Crippen LogP contribution in [-0.4, -0.2) is 46.2 Å². The first kappa shape index (κ1) is 17.5. The molecule has 0 bridgehead atoms. The maximum atomic E-state index is 12.9. The molecule has 1 heterocycles. The lowest BCUT2D eigenvalue weighted by atomic mass is 10.2. The molecule has 0 N–H and O–H groups in total. The fraction of sp³-hybridized carbons (Fsp3) is 0.333. The van der Waals surface area contributed by atoms with E-state index in [9.17, 15) is 19.3 Å². The van der Waals surface area contributed by atoms with Gasteiger partial charge in [0.25, 0.3) is 11.9 Å². The number of nitro groups is 1. The molecule has 0 spiro atoms. The summed E-state index contributed by atoms with van der Waals surface area (Å²) in [6, 6.07) is 5.43. The Morgan fingerprint density at radius 3 is 2.62 bits per heavy atom. The quantitative estimate of drug-likeness (QED) is 0.476. The summed E-state index contributed by atoms with van der Waals surface area (Å²) in [5.74, 6) is -0.976. The number of rotatable bonds is 4. The van der Waals surface area contributed by atoms with Crippen LogP contribution in [-0.2, 0) is 9.53 Å². The van der Waals surface area contributed by atoms with Crippen molar-refractivity contribution < 1.29 is 19.0 Å². The van der Waals surface area contributed by atoms with E-state index in [0.29, 0.717) is 5.56 Å². The number of carbonyl (C=O) groups is 1. The molecule has 2 rings (SSSR count). The van der Waals surface area contributed by atoms with Crippen molar-refractivity contribution in [2.45, 2.75) is 19.9 Å². The number of benzene rings is 1. The lowest BCUT2D eigenvalue weighted by molar-refractivity contribution is -0.486. The third-order valence-corrected chi connectivity index (χ3v) is 3.30. The number of hydrazone groups is 1. The number of halogens is 1. The first-order valence-electron chi connectivity index (χ1n) is 7.21. The highest BCUT2D eigenvalue weighted by molar-refractivity contribution is 6.04. The molecule has 24 heavy (non-hydrogen) atoms. The summed E-state index contributed by atoms with van der Waals surface area (Å²) in [4.78, 5) is 25.7. The number of carbonyl (C=O) groups excluding carboxylic acids is 1. The first-order chi connectivity index (χ1) is 11.4. The van der Waals surface area contributed by atoms with Gasteiger partial charge in [0.1, 0.15) is 24.4 Å². The van der Waals surface area contributed by atoms with Crippen molar-refractivity contribution in [1.29, 1.82) is 0 Å². The smallest absolute Gasteiger partial charge is 0.284 e. The van der Waals surface area contributed by atoms with Crippen LogP contribution in [0.5, 0.6) is 0 Å². The Labute approximate surface area is 137 Å². The van der Waals surface area contributed by atoms with Crippen molar-refractivity contribution >= 4 is 17.9 Å². The molecule has 1 aliphatic heterocycles. The normalized spacial score (nSPS) is 17.1. The molecule has 128 valence electrons. The zero-order chi connectivity index (χ0) is 17.7. The minimum Gasteiger partial charge on any atom is -0.340 e. The molecule has 0 radical (unpaired) electrons. The molecule has 1 aliphatic rings. The molecular weight excluding hydrogens is 319 g/mol. The van der Waals surface area contributed by atoms with Crippen LogP contribution in [0.2, 0.25) is 0 Å². The number of amides is 1. The van der Waals surface area contributed by atoms with Crippen LogP contribution in [0, 0.1) is 15.9 Å². The Hall–Kier alpha value is -2.81. The fourth-order valence-electron chi connectivity index (χ4n) is 2.06. The molecular formula is C15H17FN4O4. The zero-order valence-corrected chi connectivity index (χ0v) is 13.3. The molecule has 1 fully saturated rings. The first-order valence-corrected chi connectivity index (χ1v) is 7.21. The summed E-state index contributed by atoms with van der Waals surface area (Å²) >= 11 is 0. The van der Waals surface area contributed by atoms with Gasteiger partial charge in [-0.15, -0.1) is 0 Å². The SMILES string of the molecule is CC(C)N1COCN(C(=O)/C=C/c2ccc(F)cc2)/C1=N/[N+](=O)[O-]. The molecule has 8 nitrogen and oxygen atoms in total. The molecule has 9 heteroatoms. The number of nitrogens with zero attached hydrogens (tertiary/aromatic N) is 4. The Morgan fingerprint density at radius 2 is 2.04 bits per heavy atom. The average Bonchev–Trinajstić information content (AvgIpc) is 2.53. The van der Waals surface area contributed by atoms with Crippen molar-refractivity contribution in [3.63, 3.8) is 0 Å². The Kier molecular flexibility index (Phi) is 5.59. The molecule has 1 aromatic carbocycles. The summed E-state index contributed by atoms with van der Waals surface area (Å²) in [5, 5.41) is 13.2. The Bertz CT molecular complexity index is 673.